The van der Waals surface area contributed by atoms with E-state index in [0.29, 0.717) is 0 Å². The van der Waals surface area contributed by atoms with Crippen molar-refractivity contribution in [2.45, 2.75) is 38.5 Å². The number of thioether (sulfide) groups is 1. The minimum Gasteiger partial charge on any atom is -0.321 e. The molecule has 0 radical (unpaired) electrons. The number of para-hydroxylation sites is 1. The molecule has 0 unspecified atom stereocenters. The predicted octanol–water partition coefficient (Wildman–Crippen LogP) is 5.18. The first kappa shape index (κ1) is 16.6. The van der Waals surface area contributed by atoms with Gasteiger partial charge in [-0.15, -0.1) is 11.8 Å². The van der Waals surface area contributed by atoms with Crippen LogP contribution in [0.25, 0.3) is 0 Å². The summed E-state index contributed by atoms with van der Waals surface area (Å²) in [5.41, 5.74) is 4.11. The van der Waals surface area contributed by atoms with Crippen LogP contribution in [0.3, 0.4) is 0 Å². The Balaban J connectivity index is 2.34. The molecule has 0 fully saturated rings. The highest BCUT2D eigenvalue weighted by molar-refractivity contribution is 7.99. The van der Waals surface area contributed by atoms with Crippen LogP contribution in [-0.4, -0.2) is 11.7 Å². The van der Waals surface area contributed by atoms with Crippen LogP contribution in [0.4, 0.5) is 5.69 Å². The summed E-state index contributed by atoms with van der Waals surface area (Å²) in [6, 6.07) is 14.0. The van der Waals surface area contributed by atoms with Gasteiger partial charge in [0.1, 0.15) is 0 Å². The maximum Gasteiger partial charge on any atom is 0.256 e. The molecule has 116 valence electrons. The molecule has 1 N–H and O–H groups in total. The van der Waals surface area contributed by atoms with Crippen molar-refractivity contribution in [2.24, 2.45) is 0 Å². The Kier molecular flexibility index (Phi) is 6.08. The second kappa shape index (κ2) is 8.04. The van der Waals surface area contributed by atoms with Gasteiger partial charge in [0.2, 0.25) is 0 Å². The molecular formula is C19H23NOS. The number of nitrogens with one attached hydrogen (secondary N) is 1. The average molecular weight is 313 g/mol. The van der Waals surface area contributed by atoms with Crippen LogP contribution in [0.5, 0.6) is 0 Å². The molecule has 0 saturated carbocycles. The molecule has 2 rings (SSSR count). The van der Waals surface area contributed by atoms with Crippen molar-refractivity contribution in [3.05, 3.63) is 59.2 Å². The number of rotatable bonds is 6. The molecule has 22 heavy (non-hydrogen) atoms. The molecule has 0 atom stereocenters. The molecule has 2 aromatic carbocycles. The molecule has 0 aliphatic heterocycles. The van der Waals surface area contributed by atoms with Crippen LogP contribution in [-0.2, 0) is 12.8 Å². The summed E-state index contributed by atoms with van der Waals surface area (Å²) in [4.78, 5) is 13.8. The highest BCUT2D eigenvalue weighted by atomic mass is 32.2. The van der Waals surface area contributed by atoms with Gasteiger partial charge in [-0.3, -0.25) is 4.79 Å². The number of anilines is 1. The summed E-state index contributed by atoms with van der Waals surface area (Å²) < 4.78 is 0. The second-order valence-corrected chi connectivity index (χ2v) is 6.35. The standard InChI is InChI=1S/C19H23NOS/c1-4-14-10-9-11-15(5-2)18(14)20-19(21)16-12-7-8-13-17(16)22-6-3/h7-13H,4-6H2,1-3H3,(H,20,21). The number of hydrogen-bond acceptors (Lipinski definition) is 2. The summed E-state index contributed by atoms with van der Waals surface area (Å²) in [5.74, 6) is 0.933. The Morgan fingerprint density at radius 2 is 1.59 bits per heavy atom. The first-order chi connectivity index (χ1) is 10.7. The van der Waals surface area contributed by atoms with Crippen LogP contribution >= 0.6 is 11.8 Å². The van der Waals surface area contributed by atoms with Crippen LogP contribution in [0.2, 0.25) is 0 Å². The van der Waals surface area contributed by atoms with Gasteiger partial charge >= 0.3 is 0 Å². The van der Waals surface area contributed by atoms with E-state index in [1.54, 1.807) is 11.8 Å². The summed E-state index contributed by atoms with van der Waals surface area (Å²) in [7, 11) is 0. The van der Waals surface area contributed by atoms with E-state index in [2.05, 4.69) is 44.3 Å². The van der Waals surface area contributed by atoms with Gasteiger partial charge in [-0.1, -0.05) is 51.1 Å². The second-order valence-electron chi connectivity index (χ2n) is 5.04. The lowest BCUT2D eigenvalue weighted by Gasteiger charge is -2.15. The normalized spacial score (nSPS) is 10.5. The van der Waals surface area contributed by atoms with Crippen molar-refractivity contribution in [1.82, 2.24) is 0 Å². The summed E-state index contributed by atoms with van der Waals surface area (Å²) in [5, 5.41) is 3.14. The first-order valence-electron chi connectivity index (χ1n) is 7.85. The molecular weight excluding hydrogens is 290 g/mol. The Bertz CT molecular complexity index is 629. The molecule has 0 bridgehead atoms. The Morgan fingerprint density at radius 3 is 2.18 bits per heavy atom. The van der Waals surface area contributed by atoms with E-state index in [0.717, 1.165) is 34.7 Å². The minimum absolute atomic E-state index is 0.0212. The van der Waals surface area contributed by atoms with Crippen molar-refractivity contribution in [3.8, 4) is 0 Å². The molecule has 1 amide bonds. The first-order valence-corrected chi connectivity index (χ1v) is 8.83. The number of aryl methyl sites for hydroxylation is 2. The topological polar surface area (TPSA) is 29.1 Å². The number of hydrogen-bond donors (Lipinski definition) is 1. The largest absolute Gasteiger partial charge is 0.321 e. The zero-order valence-electron chi connectivity index (χ0n) is 13.5. The molecule has 0 saturated heterocycles. The maximum absolute atomic E-state index is 12.7. The van der Waals surface area contributed by atoms with Gasteiger partial charge < -0.3 is 5.32 Å². The SMILES string of the molecule is CCSc1ccccc1C(=O)Nc1c(CC)cccc1CC. The van der Waals surface area contributed by atoms with Crippen LogP contribution in [0, 0.1) is 0 Å². The third-order valence-corrected chi connectivity index (χ3v) is 4.62. The van der Waals surface area contributed by atoms with E-state index in [1.165, 1.54) is 11.1 Å². The maximum atomic E-state index is 12.7. The highest BCUT2D eigenvalue weighted by Gasteiger charge is 2.14. The third kappa shape index (κ3) is 3.72. The van der Waals surface area contributed by atoms with Crippen molar-refractivity contribution in [3.63, 3.8) is 0 Å². The minimum atomic E-state index is -0.0212. The van der Waals surface area contributed by atoms with Gasteiger partial charge in [0, 0.05) is 10.6 Å². The lowest BCUT2D eigenvalue weighted by molar-refractivity contribution is 0.102. The van der Waals surface area contributed by atoms with Gasteiger partial charge in [-0.2, -0.15) is 0 Å². The summed E-state index contributed by atoms with van der Waals surface area (Å²) >= 11 is 1.70. The lowest BCUT2D eigenvalue weighted by atomic mass is 10.0. The van der Waals surface area contributed by atoms with Crippen LogP contribution in [0.1, 0.15) is 42.3 Å². The van der Waals surface area contributed by atoms with Crippen molar-refractivity contribution in [1.29, 1.82) is 0 Å². The fraction of sp³-hybridized carbons (Fsp3) is 0.316. The van der Waals surface area contributed by atoms with Gasteiger partial charge in [-0.25, -0.2) is 0 Å². The molecule has 3 heteroatoms. The van der Waals surface area contributed by atoms with Crippen molar-refractivity contribution in [2.75, 3.05) is 11.1 Å². The van der Waals surface area contributed by atoms with Crippen LogP contribution in [0.15, 0.2) is 47.4 Å². The van der Waals surface area contributed by atoms with Gasteiger partial charge in [0.15, 0.2) is 0 Å². The predicted molar refractivity (Wildman–Crippen MR) is 96.0 cm³/mol. The van der Waals surface area contributed by atoms with Crippen LogP contribution < -0.4 is 5.32 Å². The Labute approximate surface area is 137 Å². The van der Waals surface area contributed by atoms with E-state index in [1.807, 2.05) is 24.3 Å². The number of carbonyl (C=O) groups is 1. The third-order valence-electron chi connectivity index (χ3n) is 3.67. The summed E-state index contributed by atoms with van der Waals surface area (Å²) in [6.07, 6.45) is 1.82. The van der Waals surface area contributed by atoms with Gasteiger partial charge in [-0.05, 0) is 41.9 Å². The molecule has 0 aliphatic rings. The molecule has 0 heterocycles. The summed E-state index contributed by atoms with van der Waals surface area (Å²) in [6.45, 7) is 6.33. The molecule has 0 aromatic heterocycles. The highest BCUT2D eigenvalue weighted by Crippen LogP contribution is 2.26. The van der Waals surface area contributed by atoms with E-state index >= 15 is 0 Å². The van der Waals surface area contributed by atoms with E-state index in [-0.39, 0.29) is 5.91 Å². The fourth-order valence-electron chi connectivity index (χ4n) is 2.52. The molecule has 0 aliphatic carbocycles. The fourth-order valence-corrected chi connectivity index (χ4v) is 3.32. The average Bonchev–Trinajstić information content (AvgIpc) is 2.55. The molecule has 2 aromatic rings. The quantitative estimate of drug-likeness (QED) is 0.745. The molecule has 2 nitrogen and oxygen atoms in total. The zero-order valence-corrected chi connectivity index (χ0v) is 14.3. The lowest BCUT2D eigenvalue weighted by Crippen LogP contribution is -2.15. The Morgan fingerprint density at radius 1 is 0.955 bits per heavy atom. The number of amides is 1. The monoisotopic (exact) mass is 313 g/mol. The number of carbonyl (C=O) groups excluding carboxylic acids is 1. The Hall–Kier alpha value is -1.74. The van der Waals surface area contributed by atoms with E-state index < -0.39 is 0 Å². The van der Waals surface area contributed by atoms with E-state index in [9.17, 15) is 4.79 Å². The van der Waals surface area contributed by atoms with Crippen molar-refractivity contribution < 1.29 is 4.79 Å². The van der Waals surface area contributed by atoms with Crippen molar-refractivity contribution >= 4 is 23.4 Å². The van der Waals surface area contributed by atoms with Gasteiger partial charge in [0.05, 0.1) is 5.56 Å². The smallest absolute Gasteiger partial charge is 0.256 e. The zero-order chi connectivity index (χ0) is 15.9. The van der Waals surface area contributed by atoms with E-state index in [4.69, 9.17) is 0 Å². The number of benzene rings is 2. The van der Waals surface area contributed by atoms with Gasteiger partial charge in [0.25, 0.3) is 5.91 Å². The molecule has 0 spiro atoms.